The number of benzene rings is 2. The summed E-state index contributed by atoms with van der Waals surface area (Å²) >= 11 is 0. The lowest BCUT2D eigenvalue weighted by Gasteiger charge is -2.33. The van der Waals surface area contributed by atoms with Gasteiger partial charge in [-0.1, -0.05) is 44.0 Å². The van der Waals surface area contributed by atoms with Crippen molar-refractivity contribution in [2.45, 2.75) is 77.4 Å². The third-order valence-corrected chi connectivity index (χ3v) is 6.42. The van der Waals surface area contributed by atoms with E-state index in [9.17, 15) is 14.7 Å². The van der Waals surface area contributed by atoms with E-state index >= 15 is 4.39 Å². The number of carboxylic acid groups (broad SMARTS) is 1. The fraction of sp³-hybridized carbons (Fsp3) is 0.500. The zero-order chi connectivity index (χ0) is 25.4. The SMILES string of the molecule is CCCCC(NC(=O)Cc1ccc(OC(C)(C)C(=O)O)cc1)c1cccc(F)c1N1CCCCC1. The Labute approximate surface area is 207 Å². The third-order valence-electron chi connectivity index (χ3n) is 6.42. The van der Waals surface area contributed by atoms with Crippen molar-refractivity contribution in [3.63, 3.8) is 0 Å². The first-order valence-electron chi connectivity index (χ1n) is 12.6. The van der Waals surface area contributed by atoms with Gasteiger partial charge in [-0.25, -0.2) is 9.18 Å². The highest BCUT2D eigenvalue weighted by Gasteiger charge is 2.29. The van der Waals surface area contributed by atoms with Crippen molar-refractivity contribution >= 4 is 17.6 Å². The number of ether oxygens (including phenoxy) is 1. The molecule has 2 aromatic carbocycles. The van der Waals surface area contributed by atoms with E-state index in [1.165, 1.54) is 19.9 Å². The lowest BCUT2D eigenvalue weighted by molar-refractivity contribution is -0.152. The molecule has 0 aromatic heterocycles. The molecule has 1 aliphatic rings. The first-order valence-corrected chi connectivity index (χ1v) is 12.6. The molecule has 2 N–H and O–H groups in total. The molecule has 1 saturated heterocycles. The lowest BCUT2D eigenvalue weighted by atomic mass is 9.96. The fourth-order valence-electron chi connectivity index (χ4n) is 4.42. The number of aliphatic carboxylic acids is 1. The van der Waals surface area contributed by atoms with E-state index < -0.39 is 11.6 Å². The Kier molecular flexibility index (Phi) is 9.13. The molecule has 0 aliphatic carbocycles. The number of amides is 1. The monoisotopic (exact) mass is 484 g/mol. The van der Waals surface area contributed by atoms with E-state index in [0.29, 0.717) is 11.4 Å². The predicted octanol–water partition coefficient (Wildman–Crippen LogP) is 5.65. The molecule has 0 bridgehead atoms. The van der Waals surface area contributed by atoms with E-state index in [2.05, 4.69) is 17.1 Å². The molecule has 1 atom stereocenters. The number of carboxylic acids is 1. The van der Waals surface area contributed by atoms with Crippen LogP contribution in [0.4, 0.5) is 10.1 Å². The summed E-state index contributed by atoms with van der Waals surface area (Å²) < 4.78 is 20.5. The van der Waals surface area contributed by atoms with Gasteiger partial charge in [-0.05, 0) is 63.3 Å². The van der Waals surface area contributed by atoms with Crippen LogP contribution in [0.2, 0.25) is 0 Å². The summed E-state index contributed by atoms with van der Waals surface area (Å²) in [7, 11) is 0. The topological polar surface area (TPSA) is 78.9 Å². The molecule has 7 heteroatoms. The van der Waals surface area contributed by atoms with E-state index in [4.69, 9.17) is 4.74 Å². The van der Waals surface area contributed by atoms with Gasteiger partial charge in [-0.2, -0.15) is 0 Å². The van der Waals surface area contributed by atoms with Crippen molar-refractivity contribution in [3.8, 4) is 5.75 Å². The predicted molar refractivity (Wildman–Crippen MR) is 135 cm³/mol. The summed E-state index contributed by atoms with van der Waals surface area (Å²) in [6.45, 7) is 6.73. The van der Waals surface area contributed by atoms with Crippen LogP contribution in [-0.2, 0) is 16.0 Å². The summed E-state index contributed by atoms with van der Waals surface area (Å²) in [5, 5.41) is 12.4. The van der Waals surface area contributed by atoms with Crippen LogP contribution in [0.15, 0.2) is 42.5 Å². The maximum atomic E-state index is 15.0. The summed E-state index contributed by atoms with van der Waals surface area (Å²) in [4.78, 5) is 26.4. The molecular formula is C28H37FN2O4. The second kappa shape index (κ2) is 12.0. The first-order chi connectivity index (χ1) is 16.7. The van der Waals surface area contributed by atoms with Crippen molar-refractivity contribution in [2.75, 3.05) is 18.0 Å². The number of nitrogens with zero attached hydrogens (tertiary/aromatic N) is 1. The highest BCUT2D eigenvalue weighted by atomic mass is 19.1. The molecule has 35 heavy (non-hydrogen) atoms. The van der Waals surface area contributed by atoms with Crippen molar-refractivity contribution in [2.24, 2.45) is 0 Å². The molecule has 0 radical (unpaired) electrons. The quantitative estimate of drug-likeness (QED) is 0.431. The number of unbranched alkanes of at least 4 members (excludes halogenated alkanes) is 1. The van der Waals surface area contributed by atoms with Gasteiger partial charge in [0.25, 0.3) is 0 Å². The second-order valence-electron chi connectivity index (χ2n) is 9.73. The number of carbonyl (C=O) groups is 2. The Bertz CT molecular complexity index is 1000. The van der Waals surface area contributed by atoms with Gasteiger partial charge >= 0.3 is 5.97 Å². The van der Waals surface area contributed by atoms with Crippen LogP contribution in [0, 0.1) is 5.82 Å². The van der Waals surface area contributed by atoms with Gasteiger partial charge < -0.3 is 20.1 Å². The van der Waals surface area contributed by atoms with Gasteiger partial charge in [0.15, 0.2) is 5.60 Å². The maximum absolute atomic E-state index is 15.0. The number of anilines is 1. The second-order valence-corrected chi connectivity index (χ2v) is 9.73. The van der Waals surface area contributed by atoms with Gasteiger partial charge in [0.2, 0.25) is 5.91 Å². The molecule has 1 aliphatic heterocycles. The minimum atomic E-state index is -1.34. The Hall–Kier alpha value is -3.09. The number of halogens is 1. The molecule has 1 amide bonds. The van der Waals surface area contributed by atoms with Crippen LogP contribution in [0.25, 0.3) is 0 Å². The molecule has 0 saturated carbocycles. The minimum absolute atomic E-state index is 0.139. The number of hydrogen-bond donors (Lipinski definition) is 2. The molecular weight excluding hydrogens is 447 g/mol. The van der Waals surface area contributed by atoms with Gasteiger partial charge in [0.05, 0.1) is 18.2 Å². The fourth-order valence-corrected chi connectivity index (χ4v) is 4.42. The zero-order valence-electron chi connectivity index (χ0n) is 21.0. The van der Waals surface area contributed by atoms with Crippen LogP contribution in [0.1, 0.15) is 76.5 Å². The summed E-state index contributed by atoms with van der Waals surface area (Å²) in [5.41, 5.74) is 0.903. The Balaban J connectivity index is 1.73. The number of piperidine rings is 1. The maximum Gasteiger partial charge on any atom is 0.347 e. The lowest BCUT2D eigenvalue weighted by Crippen LogP contribution is -2.37. The van der Waals surface area contributed by atoms with Gasteiger partial charge in [0.1, 0.15) is 11.6 Å². The Morgan fingerprint density at radius 3 is 2.43 bits per heavy atom. The number of carbonyl (C=O) groups excluding carboxylic acids is 1. The summed E-state index contributed by atoms with van der Waals surface area (Å²) in [6, 6.07) is 11.7. The molecule has 190 valence electrons. The van der Waals surface area contributed by atoms with Gasteiger partial charge in [-0.15, -0.1) is 0 Å². The zero-order valence-corrected chi connectivity index (χ0v) is 21.0. The van der Waals surface area contributed by atoms with Crippen molar-refractivity contribution in [1.82, 2.24) is 5.32 Å². The Morgan fingerprint density at radius 2 is 1.80 bits per heavy atom. The third kappa shape index (κ3) is 7.20. The molecule has 1 unspecified atom stereocenters. The average molecular weight is 485 g/mol. The smallest absolute Gasteiger partial charge is 0.347 e. The highest BCUT2D eigenvalue weighted by molar-refractivity contribution is 5.79. The van der Waals surface area contributed by atoms with Crippen LogP contribution in [0.3, 0.4) is 0 Å². The largest absolute Gasteiger partial charge is 0.478 e. The highest BCUT2D eigenvalue weighted by Crippen LogP contribution is 2.34. The molecule has 3 rings (SSSR count). The number of rotatable bonds is 11. The van der Waals surface area contributed by atoms with Crippen LogP contribution in [-0.4, -0.2) is 35.7 Å². The van der Waals surface area contributed by atoms with Gasteiger partial charge in [0, 0.05) is 18.7 Å². The molecule has 2 aromatic rings. The van der Waals surface area contributed by atoms with Crippen LogP contribution in [0.5, 0.6) is 5.75 Å². The number of hydrogen-bond acceptors (Lipinski definition) is 4. The van der Waals surface area contributed by atoms with E-state index in [1.807, 2.05) is 6.07 Å². The van der Waals surface area contributed by atoms with E-state index in [1.54, 1.807) is 30.3 Å². The van der Waals surface area contributed by atoms with Crippen LogP contribution >= 0.6 is 0 Å². The van der Waals surface area contributed by atoms with Gasteiger partial charge in [-0.3, -0.25) is 4.79 Å². The minimum Gasteiger partial charge on any atom is -0.478 e. The summed E-state index contributed by atoms with van der Waals surface area (Å²) in [5.74, 6) is -1.01. The molecule has 1 heterocycles. The molecule has 1 fully saturated rings. The normalized spacial score (nSPS) is 14.9. The molecule has 0 spiro atoms. The standard InChI is InChI=1S/C28H37FN2O4/c1-4-5-12-24(22-10-9-11-23(29)26(22)31-17-7-6-8-18-31)30-25(32)19-20-13-15-21(16-14-20)35-28(2,3)27(33)34/h9-11,13-16,24H,4-8,12,17-19H2,1-3H3,(H,30,32)(H,33,34). The number of para-hydroxylation sites is 1. The first kappa shape index (κ1) is 26.5. The van der Waals surface area contributed by atoms with Crippen molar-refractivity contribution < 1.29 is 23.8 Å². The van der Waals surface area contributed by atoms with Crippen LogP contribution < -0.4 is 15.0 Å². The van der Waals surface area contributed by atoms with E-state index in [0.717, 1.165) is 62.7 Å². The van der Waals surface area contributed by atoms with E-state index in [-0.39, 0.29) is 24.2 Å². The Morgan fingerprint density at radius 1 is 1.11 bits per heavy atom. The number of nitrogens with one attached hydrogen (secondary N) is 1. The molecule has 6 nitrogen and oxygen atoms in total. The summed E-state index contributed by atoms with van der Waals surface area (Å²) in [6.07, 6.45) is 6.06. The average Bonchev–Trinajstić information content (AvgIpc) is 2.83. The van der Waals surface area contributed by atoms with Crippen molar-refractivity contribution in [1.29, 1.82) is 0 Å². The van der Waals surface area contributed by atoms with Crippen molar-refractivity contribution in [3.05, 3.63) is 59.4 Å².